The van der Waals surface area contributed by atoms with Gasteiger partial charge < -0.3 is 15.1 Å². The molecule has 0 aliphatic carbocycles. The summed E-state index contributed by atoms with van der Waals surface area (Å²) in [6.07, 6.45) is -0.195. The summed E-state index contributed by atoms with van der Waals surface area (Å²) < 4.78 is 0.393. The second kappa shape index (κ2) is 2.91. The Labute approximate surface area is 69.6 Å². The van der Waals surface area contributed by atoms with Crippen molar-refractivity contribution in [3.05, 3.63) is 20.8 Å². The van der Waals surface area contributed by atoms with Crippen molar-refractivity contribution in [3.63, 3.8) is 0 Å². The van der Waals surface area contributed by atoms with Gasteiger partial charge in [0.15, 0.2) is 0 Å². The van der Waals surface area contributed by atoms with E-state index in [1.165, 1.54) is 0 Å². The third-order valence-electron chi connectivity index (χ3n) is 1.08. The third-order valence-corrected chi connectivity index (χ3v) is 1.76. The highest BCUT2D eigenvalue weighted by atomic mass is 79.9. The summed E-state index contributed by atoms with van der Waals surface area (Å²) in [5.41, 5.74) is -0.0596. The molecule has 1 aromatic heterocycles. The van der Waals surface area contributed by atoms with Crippen molar-refractivity contribution in [2.75, 3.05) is 0 Å². The zero-order chi connectivity index (χ0) is 8.43. The van der Waals surface area contributed by atoms with Gasteiger partial charge in [-0.25, -0.2) is 4.79 Å². The molecule has 0 fully saturated rings. The maximum absolute atomic E-state index is 10.6. The number of hydrogen-bond acceptors (Lipinski definition) is 2. The Hall–Kier alpha value is -1.04. The molecule has 11 heavy (non-hydrogen) atoms. The van der Waals surface area contributed by atoms with Crippen LogP contribution in [0.25, 0.3) is 0 Å². The summed E-state index contributed by atoms with van der Waals surface area (Å²) in [5.74, 6) is -0.985. The van der Waals surface area contributed by atoms with Crippen LogP contribution >= 0.6 is 15.9 Å². The number of carboxylic acids is 1. The average molecular weight is 221 g/mol. The molecule has 0 unspecified atom stereocenters. The van der Waals surface area contributed by atoms with Crippen LogP contribution < -0.4 is 5.69 Å². The van der Waals surface area contributed by atoms with Crippen LogP contribution in [0.2, 0.25) is 0 Å². The zero-order valence-electron chi connectivity index (χ0n) is 5.35. The number of H-pyrrole nitrogens is 2. The number of hydrogen-bond donors (Lipinski definition) is 3. The highest BCUT2D eigenvalue weighted by molar-refractivity contribution is 9.10. The fraction of sp³-hybridized carbons (Fsp3) is 0.200. The van der Waals surface area contributed by atoms with Crippen molar-refractivity contribution in [1.29, 1.82) is 0 Å². The number of aliphatic carboxylic acids is 1. The van der Waals surface area contributed by atoms with Crippen LogP contribution in [0.15, 0.2) is 9.40 Å². The minimum Gasteiger partial charge on any atom is -0.481 e. The predicted octanol–water partition coefficient (Wildman–Crippen LogP) is 0.0926. The smallest absolute Gasteiger partial charge is 0.323 e. The van der Waals surface area contributed by atoms with Gasteiger partial charge in [-0.2, -0.15) is 0 Å². The van der Waals surface area contributed by atoms with E-state index in [4.69, 9.17) is 5.11 Å². The van der Waals surface area contributed by atoms with Crippen molar-refractivity contribution < 1.29 is 9.90 Å². The Bertz CT molecular complexity index is 327. The van der Waals surface area contributed by atoms with E-state index >= 15 is 0 Å². The SMILES string of the molecule is O=C(O)Cc1[nH]c(=O)[nH]c1Br. The predicted molar refractivity (Wildman–Crippen MR) is 40.5 cm³/mol. The van der Waals surface area contributed by atoms with Crippen LogP contribution in [0.3, 0.4) is 0 Å². The maximum atomic E-state index is 10.6. The van der Waals surface area contributed by atoms with Gasteiger partial charge >= 0.3 is 11.7 Å². The van der Waals surface area contributed by atoms with Gasteiger partial charge in [0.25, 0.3) is 0 Å². The topological polar surface area (TPSA) is 85.9 Å². The van der Waals surface area contributed by atoms with Crippen LogP contribution in [0.4, 0.5) is 0 Å². The van der Waals surface area contributed by atoms with Gasteiger partial charge in [0.2, 0.25) is 0 Å². The number of carbonyl (C=O) groups is 1. The minimum absolute atomic E-state index is 0.195. The largest absolute Gasteiger partial charge is 0.481 e. The maximum Gasteiger partial charge on any atom is 0.323 e. The van der Waals surface area contributed by atoms with E-state index in [1.807, 2.05) is 0 Å². The summed E-state index contributed by atoms with van der Waals surface area (Å²) in [6, 6.07) is 0. The van der Waals surface area contributed by atoms with Gasteiger partial charge in [0.1, 0.15) is 4.60 Å². The highest BCUT2D eigenvalue weighted by Gasteiger charge is 2.07. The lowest BCUT2D eigenvalue weighted by Gasteiger charge is -1.89. The Morgan fingerprint density at radius 1 is 1.55 bits per heavy atom. The first-order valence-electron chi connectivity index (χ1n) is 2.78. The summed E-state index contributed by atoms with van der Waals surface area (Å²) in [7, 11) is 0. The molecule has 1 heterocycles. The quantitative estimate of drug-likeness (QED) is 0.661. The molecule has 0 atom stereocenters. The molecule has 0 aromatic carbocycles. The van der Waals surface area contributed by atoms with Crippen molar-refractivity contribution >= 4 is 21.9 Å². The van der Waals surface area contributed by atoms with E-state index < -0.39 is 11.7 Å². The second-order valence-corrected chi connectivity index (χ2v) is 2.74. The Balaban J connectivity index is 2.94. The first kappa shape index (κ1) is 8.06. The standard InChI is InChI=1S/C5H5BrN2O3/c6-4-2(1-3(9)10)7-5(11)8-4/h1H2,(H,9,10)(H2,7,8,11). The molecule has 60 valence electrons. The van der Waals surface area contributed by atoms with Gasteiger partial charge in [0.05, 0.1) is 12.1 Å². The van der Waals surface area contributed by atoms with Gasteiger partial charge in [0, 0.05) is 0 Å². The molecule has 0 aliphatic heterocycles. The highest BCUT2D eigenvalue weighted by Crippen LogP contribution is 2.08. The van der Waals surface area contributed by atoms with E-state index in [2.05, 4.69) is 25.9 Å². The van der Waals surface area contributed by atoms with Crippen LogP contribution in [-0.4, -0.2) is 21.0 Å². The Morgan fingerprint density at radius 3 is 2.55 bits per heavy atom. The number of rotatable bonds is 2. The average Bonchev–Trinajstić information content (AvgIpc) is 2.09. The van der Waals surface area contributed by atoms with Crippen molar-refractivity contribution in [1.82, 2.24) is 9.97 Å². The lowest BCUT2D eigenvalue weighted by Crippen LogP contribution is -2.04. The van der Waals surface area contributed by atoms with E-state index in [0.29, 0.717) is 10.3 Å². The summed E-state index contributed by atoms with van der Waals surface area (Å²) >= 11 is 3.00. The molecule has 6 heteroatoms. The van der Waals surface area contributed by atoms with Gasteiger partial charge in [-0.15, -0.1) is 0 Å². The Morgan fingerprint density at radius 2 is 2.18 bits per heavy atom. The molecule has 1 rings (SSSR count). The number of carboxylic acid groups (broad SMARTS) is 1. The molecular weight excluding hydrogens is 216 g/mol. The number of halogens is 1. The molecule has 0 spiro atoms. The van der Waals surface area contributed by atoms with Crippen molar-refractivity contribution in [2.45, 2.75) is 6.42 Å². The number of imidazole rings is 1. The summed E-state index contributed by atoms with van der Waals surface area (Å²) in [5, 5.41) is 8.34. The fourth-order valence-electron chi connectivity index (χ4n) is 0.671. The molecule has 0 radical (unpaired) electrons. The fourth-order valence-corrected chi connectivity index (χ4v) is 1.09. The molecule has 1 aromatic rings. The monoisotopic (exact) mass is 220 g/mol. The summed E-state index contributed by atoms with van der Waals surface area (Å²) in [4.78, 5) is 25.4. The van der Waals surface area contributed by atoms with E-state index in [9.17, 15) is 9.59 Å². The molecule has 0 amide bonds. The first-order chi connectivity index (χ1) is 5.09. The molecule has 5 nitrogen and oxygen atoms in total. The van der Waals surface area contributed by atoms with Gasteiger partial charge in [-0.3, -0.25) is 4.79 Å². The molecule has 0 bridgehead atoms. The number of aromatic amines is 2. The molecule has 0 saturated heterocycles. The number of aromatic nitrogens is 2. The molecule has 0 aliphatic rings. The van der Waals surface area contributed by atoms with E-state index in [-0.39, 0.29) is 6.42 Å². The lowest BCUT2D eigenvalue weighted by atomic mass is 10.3. The third kappa shape index (κ3) is 1.94. The van der Waals surface area contributed by atoms with E-state index in [0.717, 1.165) is 0 Å². The lowest BCUT2D eigenvalue weighted by molar-refractivity contribution is -0.136. The van der Waals surface area contributed by atoms with Gasteiger partial charge in [-0.1, -0.05) is 0 Å². The minimum atomic E-state index is -0.985. The zero-order valence-corrected chi connectivity index (χ0v) is 6.93. The van der Waals surface area contributed by atoms with Crippen LogP contribution in [0.1, 0.15) is 5.69 Å². The second-order valence-electron chi connectivity index (χ2n) is 1.94. The van der Waals surface area contributed by atoms with Crippen LogP contribution in [-0.2, 0) is 11.2 Å². The molecule has 3 N–H and O–H groups in total. The molecule has 0 saturated carbocycles. The van der Waals surface area contributed by atoms with Gasteiger partial charge in [-0.05, 0) is 15.9 Å². The van der Waals surface area contributed by atoms with E-state index in [1.54, 1.807) is 0 Å². The van der Waals surface area contributed by atoms with Crippen molar-refractivity contribution in [2.24, 2.45) is 0 Å². The molecular formula is C5H5BrN2O3. The van der Waals surface area contributed by atoms with Crippen molar-refractivity contribution in [3.8, 4) is 0 Å². The first-order valence-corrected chi connectivity index (χ1v) is 3.57. The summed E-state index contributed by atoms with van der Waals surface area (Å²) in [6.45, 7) is 0. The normalized spacial score (nSPS) is 9.91. The van der Waals surface area contributed by atoms with Crippen LogP contribution in [0.5, 0.6) is 0 Å². The van der Waals surface area contributed by atoms with Crippen LogP contribution in [0, 0.1) is 0 Å². The number of nitrogens with one attached hydrogen (secondary N) is 2. The Kier molecular flexibility index (Phi) is 2.13.